The number of nitrogens with one attached hydrogen (secondary N) is 2. The molecule has 3 fully saturated rings. The second kappa shape index (κ2) is 16.5. The van der Waals surface area contributed by atoms with E-state index < -0.39 is 79.7 Å². The van der Waals surface area contributed by atoms with Crippen molar-refractivity contribution in [1.29, 1.82) is 0 Å². The van der Waals surface area contributed by atoms with Crippen LogP contribution in [0.2, 0.25) is 0 Å². The maximum absolute atomic E-state index is 14.8. The van der Waals surface area contributed by atoms with Crippen molar-refractivity contribution in [3.63, 3.8) is 0 Å². The third-order valence-electron chi connectivity index (χ3n) is 10.9. The van der Waals surface area contributed by atoms with Crippen LogP contribution >= 0.6 is 0 Å². The van der Waals surface area contributed by atoms with Gasteiger partial charge < -0.3 is 29.7 Å². The van der Waals surface area contributed by atoms with Crippen LogP contribution < -0.4 is 20.1 Å². The molecule has 2 heterocycles. The number of hydrogen-bond acceptors (Lipinski definition) is 10. The SMILES string of the molecule is C=CC1CC1(NC(=O)C1CC(Oc2cc(-c3ccccc3)nc3cc(OC)ccc23)CN1C(=O)C(NC(=O)OC(C)(C)C)C(C)(C)C)C(=O)N(CCC)S(=O)(=O)C1CC1. The molecule has 1 saturated heterocycles. The Kier molecular flexibility index (Phi) is 12.1. The van der Waals surface area contributed by atoms with Crippen LogP contribution in [0.4, 0.5) is 4.79 Å². The standard InChI is InChI=1S/C44H57N5O9S/c1-10-21-49(59(54,55)31-18-19-31)40(52)44(25-28(44)11-2)47-38(50)35-23-30(26-48(35)39(51)37(42(3,4)5)46-41(53)58-43(6,7)8)57-36-24-33(27-15-13-12-14-16-27)45-34-22-29(56-9)17-20-32(34)36/h11-17,20,22,24,28,30-31,35,37H,2,10,18-19,21,23,25-26H2,1,3-9H3,(H,46,53)(H,47,50). The summed E-state index contributed by atoms with van der Waals surface area (Å²) < 4.78 is 45.7. The molecule has 318 valence electrons. The molecule has 14 nitrogen and oxygen atoms in total. The zero-order valence-electron chi connectivity index (χ0n) is 35.2. The summed E-state index contributed by atoms with van der Waals surface area (Å²) in [6.45, 7) is 16.1. The summed E-state index contributed by atoms with van der Waals surface area (Å²) >= 11 is 0. The fourth-order valence-electron chi connectivity index (χ4n) is 7.59. The number of pyridine rings is 1. The Morgan fingerprint density at radius 3 is 2.32 bits per heavy atom. The highest BCUT2D eigenvalue weighted by Crippen LogP contribution is 2.48. The number of sulfonamides is 1. The van der Waals surface area contributed by atoms with E-state index in [1.165, 1.54) is 4.90 Å². The minimum Gasteiger partial charge on any atom is -0.497 e. The van der Waals surface area contributed by atoms with Crippen LogP contribution in [0.25, 0.3) is 22.2 Å². The van der Waals surface area contributed by atoms with Crippen LogP contribution in [-0.4, -0.2) is 101 Å². The van der Waals surface area contributed by atoms with Gasteiger partial charge in [-0.3, -0.25) is 14.4 Å². The Bertz CT molecular complexity index is 2210. The van der Waals surface area contributed by atoms with E-state index >= 15 is 0 Å². The summed E-state index contributed by atoms with van der Waals surface area (Å²) in [5, 5.41) is 5.71. The van der Waals surface area contributed by atoms with E-state index in [2.05, 4.69) is 17.2 Å². The summed E-state index contributed by atoms with van der Waals surface area (Å²) in [4.78, 5) is 63.3. The number of methoxy groups -OCH3 is 1. The normalized spacial score (nSPS) is 22.2. The Morgan fingerprint density at radius 1 is 1.05 bits per heavy atom. The van der Waals surface area contributed by atoms with Crippen LogP contribution in [0, 0.1) is 11.3 Å². The lowest BCUT2D eigenvalue weighted by Crippen LogP contribution is -2.60. The number of carbonyl (C=O) groups excluding carboxylic acids is 4. The summed E-state index contributed by atoms with van der Waals surface area (Å²) in [5.74, 6) is -1.37. The van der Waals surface area contributed by atoms with Gasteiger partial charge in [-0.05, 0) is 64.0 Å². The highest BCUT2D eigenvalue weighted by Gasteiger charge is 2.64. The Balaban J connectivity index is 1.37. The highest BCUT2D eigenvalue weighted by molar-refractivity contribution is 7.90. The molecular formula is C44H57N5O9S. The third kappa shape index (κ3) is 9.35. The smallest absolute Gasteiger partial charge is 0.408 e. The molecule has 2 N–H and O–H groups in total. The molecule has 15 heteroatoms. The molecule has 0 spiro atoms. The van der Waals surface area contributed by atoms with E-state index in [9.17, 15) is 27.6 Å². The summed E-state index contributed by atoms with van der Waals surface area (Å²) in [5.41, 5.74) is -1.14. The van der Waals surface area contributed by atoms with E-state index in [-0.39, 0.29) is 25.9 Å². The Labute approximate surface area is 347 Å². The van der Waals surface area contributed by atoms with E-state index in [1.54, 1.807) is 73.8 Å². The van der Waals surface area contributed by atoms with Crippen molar-refractivity contribution in [1.82, 2.24) is 24.8 Å². The lowest BCUT2D eigenvalue weighted by Gasteiger charge is -2.36. The minimum atomic E-state index is -3.94. The number of rotatable bonds is 14. The van der Waals surface area contributed by atoms with E-state index in [0.29, 0.717) is 47.4 Å². The number of benzene rings is 2. The molecule has 2 aromatic carbocycles. The number of carbonyl (C=O) groups is 4. The lowest BCUT2D eigenvalue weighted by atomic mass is 9.85. The molecule has 1 aromatic heterocycles. The maximum Gasteiger partial charge on any atom is 0.408 e. The van der Waals surface area contributed by atoms with Crippen molar-refractivity contribution in [2.45, 2.75) is 115 Å². The Hall–Kier alpha value is -5.18. The fraction of sp³-hybridized carbons (Fsp3) is 0.523. The molecule has 0 radical (unpaired) electrons. The largest absolute Gasteiger partial charge is 0.497 e. The topological polar surface area (TPSA) is 174 Å². The van der Waals surface area contributed by atoms with Gasteiger partial charge in [0.2, 0.25) is 21.8 Å². The molecule has 59 heavy (non-hydrogen) atoms. The number of hydrogen-bond donors (Lipinski definition) is 2. The molecular weight excluding hydrogens is 775 g/mol. The molecule has 6 rings (SSSR count). The monoisotopic (exact) mass is 831 g/mol. The quantitative estimate of drug-likeness (QED) is 0.184. The molecule has 0 bridgehead atoms. The van der Waals surface area contributed by atoms with Crippen molar-refractivity contribution in [2.24, 2.45) is 11.3 Å². The first-order valence-electron chi connectivity index (χ1n) is 20.2. The van der Waals surface area contributed by atoms with Crippen LogP contribution in [-0.2, 0) is 29.1 Å². The zero-order chi connectivity index (χ0) is 43.1. The number of amides is 4. The number of likely N-dealkylation sites (tertiary alicyclic amines) is 1. The van der Waals surface area contributed by atoms with E-state index in [1.807, 2.05) is 42.5 Å². The van der Waals surface area contributed by atoms with Gasteiger partial charge in [0.1, 0.15) is 40.8 Å². The van der Waals surface area contributed by atoms with Gasteiger partial charge in [0.25, 0.3) is 5.91 Å². The van der Waals surface area contributed by atoms with Crippen molar-refractivity contribution >= 4 is 44.7 Å². The average Bonchev–Trinajstić information content (AvgIpc) is 4.11. The van der Waals surface area contributed by atoms with Gasteiger partial charge >= 0.3 is 6.09 Å². The second-order valence-corrected chi connectivity index (χ2v) is 19.9. The predicted octanol–water partition coefficient (Wildman–Crippen LogP) is 5.99. The molecule has 3 aliphatic rings. The average molecular weight is 832 g/mol. The lowest BCUT2D eigenvalue weighted by molar-refractivity contribution is -0.143. The predicted molar refractivity (Wildman–Crippen MR) is 224 cm³/mol. The first kappa shape index (κ1) is 43.4. The molecule has 4 amide bonds. The minimum absolute atomic E-state index is 0.0174. The number of fused-ring (bicyclic) bond motifs is 1. The first-order chi connectivity index (χ1) is 27.7. The van der Waals surface area contributed by atoms with Crippen LogP contribution in [0.5, 0.6) is 11.5 Å². The van der Waals surface area contributed by atoms with Gasteiger partial charge in [-0.25, -0.2) is 22.5 Å². The molecule has 5 unspecified atom stereocenters. The van der Waals surface area contributed by atoms with Crippen molar-refractivity contribution in [2.75, 3.05) is 20.2 Å². The first-order valence-corrected chi connectivity index (χ1v) is 21.7. The van der Waals surface area contributed by atoms with Crippen molar-refractivity contribution in [3.8, 4) is 22.8 Å². The molecule has 2 aliphatic carbocycles. The Morgan fingerprint density at radius 2 is 1.75 bits per heavy atom. The molecule has 3 aromatic rings. The van der Waals surface area contributed by atoms with Crippen LogP contribution in [0.15, 0.2) is 67.3 Å². The van der Waals surface area contributed by atoms with E-state index in [0.717, 1.165) is 9.87 Å². The zero-order valence-corrected chi connectivity index (χ0v) is 36.1. The van der Waals surface area contributed by atoms with Gasteiger partial charge in [0.05, 0.1) is 30.1 Å². The van der Waals surface area contributed by atoms with Crippen molar-refractivity contribution < 1.29 is 41.8 Å². The number of alkyl carbamates (subject to hydrolysis) is 1. The molecule has 2 saturated carbocycles. The summed E-state index contributed by atoms with van der Waals surface area (Å²) in [7, 11) is -2.37. The van der Waals surface area contributed by atoms with Gasteiger partial charge in [-0.1, -0.05) is 64.1 Å². The van der Waals surface area contributed by atoms with Crippen LogP contribution in [0.3, 0.4) is 0 Å². The molecule has 1 aliphatic heterocycles. The highest BCUT2D eigenvalue weighted by atomic mass is 32.2. The van der Waals surface area contributed by atoms with Gasteiger partial charge in [0.15, 0.2) is 0 Å². The third-order valence-corrected chi connectivity index (χ3v) is 13.2. The van der Waals surface area contributed by atoms with Gasteiger partial charge in [-0.15, -0.1) is 6.58 Å². The number of nitrogens with zero attached hydrogens (tertiary/aromatic N) is 3. The number of ether oxygens (including phenoxy) is 3. The summed E-state index contributed by atoms with van der Waals surface area (Å²) in [6.07, 6.45) is 1.52. The summed E-state index contributed by atoms with van der Waals surface area (Å²) in [6, 6.07) is 14.5. The maximum atomic E-state index is 14.8. The van der Waals surface area contributed by atoms with Crippen LogP contribution in [0.1, 0.15) is 80.6 Å². The van der Waals surface area contributed by atoms with Gasteiger partial charge in [-0.2, -0.15) is 0 Å². The fourth-order valence-corrected chi connectivity index (χ4v) is 9.51. The van der Waals surface area contributed by atoms with Gasteiger partial charge in [0, 0.05) is 42.0 Å². The van der Waals surface area contributed by atoms with E-state index in [4.69, 9.17) is 19.2 Å². The second-order valence-electron chi connectivity index (χ2n) is 17.8. The number of aromatic nitrogens is 1. The molecule has 5 atom stereocenters. The van der Waals surface area contributed by atoms with Crippen molar-refractivity contribution in [3.05, 3.63) is 67.3 Å².